The van der Waals surface area contributed by atoms with Crippen LogP contribution in [0.5, 0.6) is 0 Å². The second-order valence-electron chi connectivity index (χ2n) is 4.30. The lowest BCUT2D eigenvalue weighted by atomic mass is 10.4. The van der Waals surface area contributed by atoms with E-state index in [1.54, 1.807) is 40.9 Å². The first-order valence-corrected chi connectivity index (χ1v) is 6.34. The van der Waals surface area contributed by atoms with Gasteiger partial charge in [0.25, 0.3) is 11.8 Å². The van der Waals surface area contributed by atoms with Crippen molar-refractivity contribution >= 4 is 11.9 Å². The van der Waals surface area contributed by atoms with E-state index in [0.717, 1.165) is 0 Å². The average Bonchev–Trinajstić information content (AvgIpc) is 3.17. The maximum absolute atomic E-state index is 12.0. The van der Waals surface area contributed by atoms with Gasteiger partial charge in [-0.05, 0) is 19.1 Å². The first-order valence-electron chi connectivity index (χ1n) is 6.34. The molecule has 0 aliphatic carbocycles. The molecular formula is C12H13N7O2. The molecule has 3 heterocycles. The number of hydrogen-bond acceptors (Lipinski definition) is 6. The Balaban J connectivity index is 1.73. The zero-order valence-corrected chi connectivity index (χ0v) is 11.5. The molecule has 0 spiro atoms. The predicted molar refractivity (Wildman–Crippen MR) is 72.4 cm³/mol. The fraction of sp³-hybridized carbons (Fsp3) is 0.250. The Labute approximate surface area is 119 Å². The smallest absolute Gasteiger partial charge is 0.322 e. The van der Waals surface area contributed by atoms with Crippen LogP contribution in [0.2, 0.25) is 0 Å². The van der Waals surface area contributed by atoms with Gasteiger partial charge in [0, 0.05) is 26.0 Å². The van der Waals surface area contributed by atoms with E-state index in [-0.39, 0.29) is 17.6 Å². The van der Waals surface area contributed by atoms with Crippen LogP contribution in [0.4, 0.5) is 6.01 Å². The van der Waals surface area contributed by atoms with E-state index < -0.39 is 5.91 Å². The Bertz CT molecular complexity index is 770. The lowest BCUT2D eigenvalue weighted by molar-refractivity contribution is 0.101. The van der Waals surface area contributed by atoms with Crippen molar-refractivity contribution in [3.8, 4) is 11.6 Å². The number of rotatable bonds is 4. The molecule has 3 aromatic rings. The number of nitrogens with one attached hydrogen (secondary N) is 1. The van der Waals surface area contributed by atoms with Crippen LogP contribution in [0.1, 0.15) is 17.4 Å². The number of carbonyl (C=O) groups is 1. The Kier molecular flexibility index (Phi) is 3.22. The SMILES string of the molecule is CCn1ccc(C(=O)Nc2nnc(-c3ccn(C)n3)o2)n1. The van der Waals surface area contributed by atoms with E-state index in [4.69, 9.17) is 4.42 Å². The zero-order chi connectivity index (χ0) is 14.8. The first-order chi connectivity index (χ1) is 10.2. The lowest BCUT2D eigenvalue weighted by Gasteiger charge is -1.96. The molecule has 9 heteroatoms. The number of anilines is 1. The average molecular weight is 287 g/mol. The molecule has 21 heavy (non-hydrogen) atoms. The highest BCUT2D eigenvalue weighted by Gasteiger charge is 2.15. The van der Waals surface area contributed by atoms with Gasteiger partial charge in [0.05, 0.1) is 0 Å². The van der Waals surface area contributed by atoms with Crippen LogP contribution < -0.4 is 5.32 Å². The zero-order valence-electron chi connectivity index (χ0n) is 11.5. The molecule has 0 aliphatic heterocycles. The summed E-state index contributed by atoms with van der Waals surface area (Å²) >= 11 is 0. The molecule has 0 saturated carbocycles. The van der Waals surface area contributed by atoms with Crippen LogP contribution >= 0.6 is 0 Å². The molecule has 0 atom stereocenters. The van der Waals surface area contributed by atoms with E-state index in [1.807, 2.05) is 6.92 Å². The van der Waals surface area contributed by atoms with Gasteiger partial charge in [-0.15, -0.1) is 5.10 Å². The highest BCUT2D eigenvalue weighted by molar-refractivity contribution is 6.01. The summed E-state index contributed by atoms with van der Waals surface area (Å²) in [5.74, 6) is -0.164. The van der Waals surface area contributed by atoms with E-state index in [2.05, 4.69) is 25.7 Å². The summed E-state index contributed by atoms with van der Waals surface area (Å²) in [6.45, 7) is 2.63. The number of aromatic nitrogens is 6. The standard InChI is InChI=1S/C12H13N7O2/c1-3-19-7-5-8(17-19)10(20)13-12-15-14-11(21-12)9-4-6-18(2)16-9/h4-7H,3H2,1-2H3,(H,13,15,20). The van der Waals surface area contributed by atoms with Crippen LogP contribution in [0.3, 0.4) is 0 Å². The van der Waals surface area contributed by atoms with Crippen LogP contribution in [-0.4, -0.2) is 35.7 Å². The highest BCUT2D eigenvalue weighted by Crippen LogP contribution is 2.17. The molecule has 0 bridgehead atoms. The largest absolute Gasteiger partial charge is 0.401 e. The molecule has 0 saturated heterocycles. The first kappa shape index (κ1) is 13.0. The fourth-order valence-electron chi connectivity index (χ4n) is 1.73. The minimum atomic E-state index is -0.404. The van der Waals surface area contributed by atoms with E-state index in [0.29, 0.717) is 12.2 Å². The molecule has 1 amide bonds. The Morgan fingerprint density at radius 1 is 1.29 bits per heavy atom. The quantitative estimate of drug-likeness (QED) is 0.765. The third-order valence-electron chi connectivity index (χ3n) is 2.78. The van der Waals surface area contributed by atoms with E-state index >= 15 is 0 Å². The van der Waals surface area contributed by atoms with E-state index in [9.17, 15) is 4.79 Å². The topological polar surface area (TPSA) is 104 Å². The van der Waals surface area contributed by atoms with Crippen molar-refractivity contribution in [3.05, 3.63) is 30.2 Å². The minimum absolute atomic E-state index is 0.00621. The second-order valence-corrected chi connectivity index (χ2v) is 4.30. The van der Waals surface area contributed by atoms with Crippen molar-refractivity contribution < 1.29 is 9.21 Å². The number of hydrogen-bond donors (Lipinski definition) is 1. The molecule has 0 aliphatic rings. The van der Waals surface area contributed by atoms with Gasteiger partial charge in [-0.1, -0.05) is 5.10 Å². The summed E-state index contributed by atoms with van der Waals surface area (Å²) < 4.78 is 8.62. The summed E-state index contributed by atoms with van der Waals surface area (Å²) in [4.78, 5) is 12.0. The molecule has 0 aromatic carbocycles. The Morgan fingerprint density at radius 2 is 2.14 bits per heavy atom. The number of nitrogens with zero attached hydrogens (tertiary/aromatic N) is 6. The molecule has 9 nitrogen and oxygen atoms in total. The van der Waals surface area contributed by atoms with Gasteiger partial charge in [0.1, 0.15) is 5.69 Å². The van der Waals surface area contributed by atoms with Crippen molar-refractivity contribution in [2.75, 3.05) is 5.32 Å². The van der Waals surface area contributed by atoms with Crippen LogP contribution in [0.15, 0.2) is 28.9 Å². The van der Waals surface area contributed by atoms with Crippen LogP contribution in [0.25, 0.3) is 11.6 Å². The monoisotopic (exact) mass is 287 g/mol. The molecule has 108 valence electrons. The van der Waals surface area contributed by atoms with Crippen molar-refractivity contribution in [2.45, 2.75) is 13.5 Å². The van der Waals surface area contributed by atoms with Crippen molar-refractivity contribution in [2.24, 2.45) is 7.05 Å². The van der Waals surface area contributed by atoms with Gasteiger partial charge in [0.2, 0.25) is 0 Å². The maximum Gasteiger partial charge on any atom is 0.322 e. The summed E-state index contributed by atoms with van der Waals surface area (Å²) in [5, 5.41) is 18.3. The molecule has 0 radical (unpaired) electrons. The number of carbonyl (C=O) groups excluding carboxylic acids is 1. The van der Waals surface area contributed by atoms with Gasteiger partial charge in [-0.3, -0.25) is 19.5 Å². The summed E-state index contributed by atoms with van der Waals surface area (Å²) in [6.07, 6.45) is 3.48. The van der Waals surface area contributed by atoms with Gasteiger partial charge in [-0.2, -0.15) is 10.2 Å². The number of amides is 1. The van der Waals surface area contributed by atoms with Gasteiger partial charge in [0.15, 0.2) is 5.69 Å². The van der Waals surface area contributed by atoms with Crippen molar-refractivity contribution in [1.82, 2.24) is 29.8 Å². The normalized spacial score (nSPS) is 10.8. The van der Waals surface area contributed by atoms with Crippen LogP contribution in [0, 0.1) is 0 Å². The molecule has 3 aromatic heterocycles. The third-order valence-corrected chi connectivity index (χ3v) is 2.78. The predicted octanol–water partition coefficient (Wildman–Crippen LogP) is 0.939. The maximum atomic E-state index is 12.0. The second kappa shape index (κ2) is 5.19. The molecule has 1 N–H and O–H groups in total. The van der Waals surface area contributed by atoms with Crippen molar-refractivity contribution in [1.29, 1.82) is 0 Å². The van der Waals surface area contributed by atoms with Crippen molar-refractivity contribution in [3.63, 3.8) is 0 Å². The fourth-order valence-corrected chi connectivity index (χ4v) is 1.73. The molecule has 0 fully saturated rings. The Hall–Kier alpha value is -2.97. The summed E-state index contributed by atoms with van der Waals surface area (Å²) in [5.41, 5.74) is 0.829. The Morgan fingerprint density at radius 3 is 2.81 bits per heavy atom. The molecule has 0 unspecified atom stereocenters. The third kappa shape index (κ3) is 2.66. The van der Waals surface area contributed by atoms with Crippen LogP contribution in [-0.2, 0) is 13.6 Å². The highest BCUT2D eigenvalue weighted by atomic mass is 16.4. The minimum Gasteiger partial charge on any atom is -0.401 e. The summed E-state index contributed by atoms with van der Waals surface area (Å²) in [7, 11) is 1.78. The molecule has 3 rings (SSSR count). The van der Waals surface area contributed by atoms with Gasteiger partial charge < -0.3 is 4.42 Å². The number of aryl methyl sites for hydroxylation is 2. The van der Waals surface area contributed by atoms with E-state index in [1.165, 1.54) is 0 Å². The molecular weight excluding hydrogens is 274 g/mol. The lowest BCUT2D eigenvalue weighted by Crippen LogP contribution is -2.13. The van der Waals surface area contributed by atoms with Gasteiger partial charge >= 0.3 is 6.01 Å². The summed E-state index contributed by atoms with van der Waals surface area (Å²) in [6, 6.07) is 3.36. The van der Waals surface area contributed by atoms with Gasteiger partial charge in [-0.25, -0.2) is 0 Å².